The molecule has 6 heteroatoms. The minimum Gasteiger partial charge on any atom is -0.462 e. The van der Waals surface area contributed by atoms with Gasteiger partial charge in [0.2, 0.25) is 0 Å². The summed E-state index contributed by atoms with van der Waals surface area (Å²) in [7, 11) is 0. The van der Waals surface area contributed by atoms with Gasteiger partial charge in [0.25, 0.3) is 0 Å². The molecule has 0 N–H and O–H groups in total. The lowest BCUT2D eigenvalue weighted by Crippen LogP contribution is -2.30. The standard InChI is InChI=1S/C69H106O6/c1-4-7-10-13-16-19-22-25-27-28-29-30-31-32-33-34-35-36-37-38-39-40-42-44-47-50-53-56-59-62-68(71)74-65-66(64-73-67(70)61-58-55-52-49-46-43-24-21-18-15-12-9-6-3)75-69(72)63-60-57-54-51-48-45-41-26-23-20-17-14-11-8-5-2/h7-12,16-21,25-27,29-30,32-33,41,43,46,48,51-52,55,57,60,66H,4-6,13-15,22-24,28,31,34-40,42,44-45,47,49-50,53-54,56,58-59,61-65H2,1-3H3/b10-7-,11-8-,12-9-,19-16-,20-17-,21-18-,27-25-,30-29-,33-32-,41-26-,46-43-,51-48-,55-52-,60-57-. The van der Waals surface area contributed by atoms with E-state index < -0.39 is 12.1 Å². The fourth-order valence-corrected chi connectivity index (χ4v) is 7.44. The molecule has 0 aromatic rings. The van der Waals surface area contributed by atoms with Crippen LogP contribution in [0.25, 0.3) is 0 Å². The Bertz CT molecular complexity index is 1750. The van der Waals surface area contributed by atoms with Crippen LogP contribution in [0.3, 0.4) is 0 Å². The highest BCUT2D eigenvalue weighted by atomic mass is 16.6. The van der Waals surface area contributed by atoms with Crippen molar-refractivity contribution in [3.05, 3.63) is 170 Å². The van der Waals surface area contributed by atoms with Gasteiger partial charge in [-0.25, -0.2) is 0 Å². The van der Waals surface area contributed by atoms with Gasteiger partial charge in [-0.2, -0.15) is 0 Å². The molecule has 0 aliphatic rings. The van der Waals surface area contributed by atoms with E-state index in [9.17, 15) is 14.4 Å². The quantitative estimate of drug-likeness (QED) is 0.0261. The molecule has 0 saturated heterocycles. The molecule has 418 valence electrons. The largest absolute Gasteiger partial charge is 0.462 e. The van der Waals surface area contributed by atoms with Crippen molar-refractivity contribution in [1.29, 1.82) is 0 Å². The van der Waals surface area contributed by atoms with E-state index in [1.165, 1.54) is 70.6 Å². The van der Waals surface area contributed by atoms with Crippen LogP contribution in [0, 0.1) is 0 Å². The smallest absolute Gasteiger partial charge is 0.310 e. The molecule has 0 radical (unpaired) electrons. The lowest BCUT2D eigenvalue weighted by atomic mass is 10.0. The number of hydrogen-bond donors (Lipinski definition) is 0. The van der Waals surface area contributed by atoms with Crippen molar-refractivity contribution in [2.75, 3.05) is 13.2 Å². The van der Waals surface area contributed by atoms with Crippen molar-refractivity contribution in [2.24, 2.45) is 0 Å². The third-order valence-electron chi connectivity index (χ3n) is 11.7. The number of ether oxygens (including phenoxy) is 3. The molecular weight excluding hydrogens is 925 g/mol. The van der Waals surface area contributed by atoms with Gasteiger partial charge in [-0.15, -0.1) is 0 Å². The number of hydrogen-bond acceptors (Lipinski definition) is 6. The van der Waals surface area contributed by atoms with Crippen molar-refractivity contribution in [2.45, 2.75) is 232 Å². The second-order valence-corrected chi connectivity index (χ2v) is 18.8. The number of carbonyl (C=O) groups excluding carboxylic acids is 3. The highest BCUT2D eigenvalue weighted by Crippen LogP contribution is 2.14. The van der Waals surface area contributed by atoms with Crippen LogP contribution >= 0.6 is 0 Å². The number of allylic oxidation sites excluding steroid dienone is 27. The van der Waals surface area contributed by atoms with Crippen molar-refractivity contribution in [1.82, 2.24) is 0 Å². The summed E-state index contributed by atoms with van der Waals surface area (Å²) in [5, 5.41) is 0. The Kier molecular flexibility index (Phi) is 57.0. The molecule has 75 heavy (non-hydrogen) atoms. The minimum atomic E-state index is -0.870. The summed E-state index contributed by atoms with van der Waals surface area (Å²) in [5.74, 6) is -1.17. The van der Waals surface area contributed by atoms with Gasteiger partial charge in [0.05, 0.1) is 6.42 Å². The first-order chi connectivity index (χ1) is 37.0. The van der Waals surface area contributed by atoms with E-state index in [-0.39, 0.29) is 38.0 Å². The van der Waals surface area contributed by atoms with E-state index in [2.05, 4.69) is 167 Å². The molecule has 0 saturated carbocycles. The lowest BCUT2D eigenvalue weighted by Gasteiger charge is -2.18. The zero-order valence-electron chi connectivity index (χ0n) is 47.7. The van der Waals surface area contributed by atoms with Crippen LogP contribution in [0.5, 0.6) is 0 Å². The molecule has 0 aromatic carbocycles. The second-order valence-electron chi connectivity index (χ2n) is 18.8. The summed E-state index contributed by atoms with van der Waals surface area (Å²) < 4.78 is 16.7. The Hall–Kier alpha value is -5.23. The van der Waals surface area contributed by atoms with Gasteiger partial charge in [0, 0.05) is 12.8 Å². The van der Waals surface area contributed by atoms with Gasteiger partial charge < -0.3 is 14.2 Å². The van der Waals surface area contributed by atoms with Crippen molar-refractivity contribution in [3.8, 4) is 0 Å². The number of esters is 3. The molecule has 0 aliphatic heterocycles. The second kappa shape index (κ2) is 61.3. The van der Waals surface area contributed by atoms with E-state index >= 15 is 0 Å². The third kappa shape index (κ3) is 59.5. The van der Waals surface area contributed by atoms with E-state index in [4.69, 9.17) is 14.2 Å². The highest BCUT2D eigenvalue weighted by Gasteiger charge is 2.19. The Labute approximate surface area is 460 Å². The van der Waals surface area contributed by atoms with Crippen LogP contribution in [-0.4, -0.2) is 37.2 Å². The van der Waals surface area contributed by atoms with Crippen LogP contribution in [0.1, 0.15) is 226 Å². The predicted molar refractivity (Wildman–Crippen MR) is 325 cm³/mol. The van der Waals surface area contributed by atoms with E-state index in [1.807, 2.05) is 18.2 Å². The van der Waals surface area contributed by atoms with Gasteiger partial charge in [-0.3, -0.25) is 14.4 Å². The minimum absolute atomic E-state index is 0.0746. The van der Waals surface area contributed by atoms with Crippen LogP contribution in [0.2, 0.25) is 0 Å². The Morgan fingerprint density at radius 1 is 0.280 bits per heavy atom. The SMILES string of the molecule is CC/C=C\C/C=C\C/C=C\C/C=C\C/C=C\CCCCCCCCCCCCCCCC(=O)OCC(COC(=O)CC/C=C\C/C=C\C/C=C\C/C=C\CC)OC(=O)C/C=C\C/C=C\C/C=C\C/C=C\C/C=C\CC. The van der Waals surface area contributed by atoms with Gasteiger partial charge in [-0.1, -0.05) is 262 Å². The molecule has 0 aliphatic carbocycles. The van der Waals surface area contributed by atoms with Gasteiger partial charge >= 0.3 is 17.9 Å². The predicted octanol–water partition coefficient (Wildman–Crippen LogP) is 20.3. The van der Waals surface area contributed by atoms with Gasteiger partial charge in [0.1, 0.15) is 13.2 Å². The van der Waals surface area contributed by atoms with E-state index in [1.54, 1.807) is 6.08 Å². The van der Waals surface area contributed by atoms with E-state index in [0.29, 0.717) is 19.3 Å². The molecule has 1 atom stereocenters. The average Bonchev–Trinajstić information content (AvgIpc) is 3.41. The molecule has 0 bridgehead atoms. The first-order valence-electron chi connectivity index (χ1n) is 29.6. The summed E-state index contributed by atoms with van der Waals surface area (Å²) in [6.07, 6.45) is 91.2. The Morgan fingerprint density at radius 2 is 0.547 bits per heavy atom. The zero-order valence-corrected chi connectivity index (χ0v) is 47.7. The first-order valence-corrected chi connectivity index (χ1v) is 29.6. The number of unbranched alkanes of at least 4 members (excludes halogenated alkanes) is 13. The number of carbonyl (C=O) groups is 3. The fraction of sp³-hybridized carbons (Fsp3) is 0.551. The average molecular weight is 1030 g/mol. The Morgan fingerprint density at radius 3 is 0.893 bits per heavy atom. The fourth-order valence-electron chi connectivity index (χ4n) is 7.44. The highest BCUT2D eigenvalue weighted by molar-refractivity contribution is 5.72. The first kappa shape index (κ1) is 69.8. The maximum atomic E-state index is 12.8. The van der Waals surface area contributed by atoms with E-state index in [0.717, 1.165) is 103 Å². The summed E-state index contributed by atoms with van der Waals surface area (Å²) in [6.45, 7) is 6.13. The summed E-state index contributed by atoms with van der Waals surface area (Å²) >= 11 is 0. The van der Waals surface area contributed by atoms with Gasteiger partial charge in [0.15, 0.2) is 6.10 Å². The summed E-state index contributed by atoms with van der Waals surface area (Å²) in [5.41, 5.74) is 0. The van der Waals surface area contributed by atoms with Gasteiger partial charge in [-0.05, 0) is 116 Å². The maximum absolute atomic E-state index is 12.8. The summed E-state index contributed by atoms with van der Waals surface area (Å²) in [6, 6.07) is 0. The molecular formula is C69H106O6. The van der Waals surface area contributed by atoms with Crippen molar-refractivity contribution < 1.29 is 28.6 Å². The normalized spacial score (nSPS) is 13.4. The molecule has 0 rings (SSSR count). The monoisotopic (exact) mass is 1030 g/mol. The van der Waals surface area contributed by atoms with Crippen LogP contribution in [0.15, 0.2) is 170 Å². The van der Waals surface area contributed by atoms with Crippen molar-refractivity contribution >= 4 is 17.9 Å². The lowest BCUT2D eigenvalue weighted by molar-refractivity contribution is -0.166. The van der Waals surface area contributed by atoms with Crippen LogP contribution in [0.4, 0.5) is 0 Å². The van der Waals surface area contributed by atoms with Crippen molar-refractivity contribution in [3.63, 3.8) is 0 Å². The summed E-state index contributed by atoms with van der Waals surface area (Å²) in [4.78, 5) is 38.0. The zero-order chi connectivity index (χ0) is 54.3. The maximum Gasteiger partial charge on any atom is 0.310 e. The number of rotatable bonds is 51. The molecule has 0 heterocycles. The molecule has 6 nitrogen and oxygen atoms in total. The molecule has 0 spiro atoms. The topological polar surface area (TPSA) is 78.9 Å². The Balaban J connectivity index is 4.39. The van der Waals surface area contributed by atoms with Crippen LogP contribution in [-0.2, 0) is 28.6 Å². The molecule has 0 fully saturated rings. The third-order valence-corrected chi connectivity index (χ3v) is 11.7. The van der Waals surface area contributed by atoms with Crippen LogP contribution < -0.4 is 0 Å². The molecule has 0 amide bonds. The molecule has 0 aromatic heterocycles. The molecule has 1 unspecified atom stereocenters.